The minimum Gasteiger partial charge on any atom is -0.497 e. The van der Waals surface area contributed by atoms with E-state index in [-0.39, 0.29) is 33.9 Å². The highest BCUT2D eigenvalue weighted by molar-refractivity contribution is 7.93. The maximum absolute atomic E-state index is 15.8. The van der Waals surface area contributed by atoms with Crippen LogP contribution in [0.2, 0.25) is 23.2 Å². The third-order valence-corrected chi connectivity index (χ3v) is 17.1. The van der Waals surface area contributed by atoms with Gasteiger partial charge in [0.25, 0.3) is 15.9 Å². The summed E-state index contributed by atoms with van der Waals surface area (Å²) in [5, 5.41) is 0.243. The average Bonchev–Trinajstić information content (AvgIpc) is 3.37. The van der Waals surface area contributed by atoms with E-state index >= 15 is 4.79 Å². The van der Waals surface area contributed by atoms with Crippen molar-refractivity contribution in [1.82, 2.24) is 9.80 Å². The number of likely N-dealkylation sites (tertiary alicyclic amines) is 1. The predicted octanol–water partition coefficient (Wildman–Crippen LogP) is 6.81. The molecule has 282 valence electrons. The van der Waals surface area contributed by atoms with Gasteiger partial charge in [-0.3, -0.25) is 14.5 Å². The van der Waals surface area contributed by atoms with Crippen molar-refractivity contribution in [2.75, 3.05) is 46.3 Å². The van der Waals surface area contributed by atoms with Crippen molar-refractivity contribution in [1.29, 1.82) is 0 Å². The third kappa shape index (κ3) is 6.70. The molecule has 2 amide bonds. The van der Waals surface area contributed by atoms with Gasteiger partial charge in [-0.2, -0.15) is 0 Å². The van der Waals surface area contributed by atoms with Crippen molar-refractivity contribution in [2.24, 2.45) is 0 Å². The number of carbonyl (C=O) groups is 2. The first kappa shape index (κ1) is 39.6. The lowest BCUT2D eigenvalue weighted by Gasteiger charge is -2.47. The summed E-state index contributed by atoms with van der Waals surface area (Å²) in [6.45, 7) is 11.4. The number of ether oxygens (including phenoxy) is 3. The van der Waals surface area contributed by atoms with E-state index in [2.05, 4.69) is 33.9 Å². The molecule has 1 fully saturated rings. The molecule has 1 saturated heterocycles. The molecule has 1 unspecified atom stereocenters. The second kappa shape index (κ2) is 14.7. The molecule has 52 heavy (non-hydrogen) atoms. The van der Waals surface area contributed by atoms with E-state index in [0.717, 1.165) is 16.3 Å². The molecule has 2 aliphatic heterocycles. The molecule has 2 atom stereocenters. The molecule has 2 aliphatic rings. The lowest BCUT2D eigenvalue weighted by atomic mass is 9.78. The number of amides is 2. The zero-order valence-corrected chi connectivity index (χ0v) is 34.3. The van der Waals surface area contributed by atoms with Crippen LogP contribution in [0.3, 0.4) is 0 Å². The quantitative estimate of drug-likeness (QED) is 0.194. The molecule has 0 bridgehead atoms. The summed E-state index contributed by atoms with van der Waals surface area (Å²) in [6.07, 6.45) is 1.87. The van der Waals surface area contributed by atoms with Crippen LogP contribution in [0.15, 0.2) is 59.5 Å². The molecule has 5 rings (SSSR count). The molecular weight excluding hydrogens is 722 g/mol. The Morgan fingerprint density at radius 3 is 2.25 bits per heavy atom. The van der Waals surface area contributed by atoms with Gasteiger partial charge in [0, 0.05) is 42.9 Å². The van der Waals surface area contributed by atoms with Crippen LogP contribution < -0.4 is 18.5 Å². The van der Waals surface area contributed by atoms with Crippen molar-refractivity contribution in [3.05, 3.63) is 76.3 Å². The van der Waals surface area contributed by atoms with Crippen LogP contribution >= 0.6 is 11.6 Å². The van der Waals surface area contributed by atoms with Crippen LogP contribution in [0.5, 0.6) is 17.2 Å². The molecule has 3 aromatic carbocycles. The van der Waals surface area contributed by atoms with E-state index in [1.165, 1.54) is 50.5 Å². The molecule has 0 N–H and O–H groups in total. The Morgan fingerprint density at radius 1 is 0.942 bits per heavy atom. The largest absolute Gasteiger partial charge is 0.497 e. The summed E-state index contributed by atoms with van der Waals surface area (Å²) in [5.41, 5.74) is -0.277. The highest BCUT2D eigenvalue weighted by Gasteiger charge is 2.63. The molecule has 0 spiro atoms. The predicted molar refractivity (Wildman–Crippen MR) is 204 cm³/mol. The van der Waals surface area contributed by atoms with Gasteiger partial charge in [0.15, 0.2) is 13.9 Å². The number of anilines is 1. The normalized spacial score (nSPS) is 19.7. The number of hydrogen-bond acceptors (Lipinski definition) is 9. The van der Waals surface area contributed by atoms with Gasteiger partial charge in [-0.15, -0.1) is 0 Å². The number of benzene rings is 3. The van der Waals surface area contributed by atoms with Gasteiger partial charge >= 0.3 is 0 Å². The van der Waals surface area contributed by atoms with Crippen LogP contribution in [-0.4, -0.2) is 86.4 Å². The highest BCUT2D eigenvalue weighted by atomic mass is 35.5. The number of nitrogens with zero attached hydrogens (tertiary/aromatic N) is 3. The molecule has 0 radical (unpaired) electrons. The molecule has 2 heterocycles. The third-order valence-electron chi connectivity index (χ3n) is 10.7. The minimum absolute atomic E-state index is 0.00107. The highest BCUT2D eigenvalue weighted by Crippen LogP contribution is 2.55. The van der Waals surface area contributed by atoms with E-state index in [1.54, 1.807) is 32.3 Å². The first-order valence-electron chi connectivity index (χ1n) is 17.3. The summed E-state index contributed by atoms with van der Waals surface area (Å²) in [7, 11) is 0.821. The number of piperidine rings is 1. The first-order chi connectivity index (χ1) is 24.4. The Morgan fingerprint density at radius 2 is 1.63 bits per heavy atom. The summed E-state index contributed by atoms with van der Waals surface area (Å²) < 4.78 is 54.2. The van der Waals surface area contributed by atoms with Gasteiger partial charge in [0.1, 0.15) is 22.1 Å². The molecule has 0 saturated carbocycles. The lowest BCUT2D eigenvalue weighted by Crippen LogP contribution is -2.62. The minimum atomic E-state index is -4.65. The van der Waals surface area contributed by atoms with Crippen LogP contribution in [0, 0.1) is 0 Å². The molecule has 3 aromatic rings. The Labute approximate surface area is 313 Å². The molecular formula is C38H50ClN3O8SSi. The number of likely N-dealkylation sites (N-methyl/N-ethyl adjacent to an activating group) is 1. The topological polar surface area (TPSA) is 115 Å². The standard InChI is InChI=1S/C38H50ClN3O8SSi/c1-37(2,3)52(9,10)50-24-25-14-18-32(48-7)29(21-25)38(41-20-12-11-13-31(41)35(43)40(4)5)28-22-26(39)15-17-30(28)42(36(38)44)51(45,46)34-19-16-27(47-6)23-33(34)49-8/h14-19,21-23,31H,11-13,20,24H2,1-10H3/t31-,38?/m0/s1. The van der Waals surface area contributed by atoms with E-state index in [0.29, 0.717) is 47.0 Å². The Kier molecular flexibility index (Phi) is 11.2. The van der Waals surface area contributed by atoms with Crippen molar-refractivity contribution in [3.63, 3.8) is 0 Å². The SMILES string of the molecule is COc1ccc(S(=O)(=O)N2C(=O)C(c3cc(CO[Si](C)(C)C(C)(C)C)ccc3OC)(N3CCCC[C@H]3C(=O)N(C)C)c3cc(Cl)ccc32)c(OC)c1. The summed E-state index contributed by atoms with van der Waals surface area (Å²) in [4.78, 5) is 33.0. The Balaban J connectivity index is 1.85. The number of methoxy groups -OCH3 is 3. The second-order valence-electron chi connectivity index (χ2n) is 15.0. The number of carbonyl (C=O) groups excluding carboxylic acids is 2. The van der Waals surface area contributed by atoms with Crippen LogP contribution in [0.1, 0.15) is 56.7 Å². The maximum Gasteiger partial charge on any atom is 0.274 e. The molecule has 14 heteroatoms. The number of rotatable bonds is 11. The van der Waals surface area contributed by atoms with Gasteiger partial charge in [-0.05, 0) is 79.0 Å². The van der Waals surface area contributed by atoms with E-state index in [1.807, 2.05) is 17.0 Å². The van der Waals surface area contributed by atoms with Gasteiger partial charge in [0.05, 0.1) is 39.7 Å². The molecule has 11 nitrogen and oxygen atoms in total. The molecule has 0 aliphatic carbocycles. The average molecular weight is 772 g/mol. The number of sulfonamides is 1. The number of hydrogen-bond donors (Lipinski definition) is 0. The van der Waals surface area contributed by atoms with Gasteiger partial charge in [0.2, 0.25) is 5.91 Å². The lowest BCUT2D eigenvalue weighted by molar-refractivity contribution is -0.142. The van der Waals surface area contributed by atoms with E-state index < -0.39 is 35.8 Å². The van der Waals surface area contributed by atoms with Crippen molar-refractivity contribution in [2.45, 2.75) is 81.2 Å². The fourth-order valence-corrected chi connectivity index (χ4v) is 9.59. The summed E-state index contributed by atoms with van der Waals surface area (Å²) >= 11 is 6.73. The summed E-state index contributed by atoms with van der Waals surface area (Å²) in [6, 6.07) is 13.8. The number of halogens is 1. The first-order valence-corrected chi connectivity index (χ1v) is 22.0. The summed E-state index contributed by atoms with van der Waals surface area (Å²) in [5.74, 6) is -0.267. The van der Waals surface area contributed by atoms with Gasteiger partial charge in [-0.1, -0.05) is 44.9 Å². The Hall–Kier alpha value is -3.62. The zero-order valence-electron chi connectivity index (χ0n) is 31.7. The monoisotopic (exact) mass is 771 g/mol. The van der Waals surface area contributed by atoms with Crippen molar-refractivity contribution in [3.8, 4) is 17.2 Å². The van der Waals surface area contributed by atoms with Crippen molar-refractivity contribution < 1.29 is 36.6 Å². The van der Waals surface area contributed by atoms with E-state index in [9.17, 15) is 13.2 Å². The smallest absolute Gasteiger partial charge is 0.274 e. The fraction of sp³-hybridized carbons (Fsp3) is 0.474. The van der Waals surface area contributed by atoms with Crippen LogP contribution in [0.25, 0.3) is 0 Å². The fourth-order valence-electron chi connectivity index (χ4n) is 6.86. The van der Waals surface area contributed by atoms with Crippen LogP contribution in [-0.2, 0) is 36.2 Å². The second-order valence-corrected chi connectivity index (χ2v) is 22.0. The van der Waals surface area contributed by atoms with Crippen LogP contribution in [0.4, 0.5) is 5.69 Å². The van der Waals surface area contributed by atoms with E-state index in [4.69, 9.17) is 30.2 Å². The number of fused-ring (bicyclic) bond motifs is 1. The Bertz CT molecular complexity index is 1970. The molecule has 0 aromatic heterocycles. The van der Waals surface area contributed by atoms with Crippen molar-refractivity contribution >= 4 is 47.4 Å². The van der Waals surface area contributed by atoms with Gasteiger partial charge in [-0.25, -0.2) is 12.7 Å². The van der Waals surface area contributed by atoms with Gasteiger partial charge < -0.3 is 23.5 Å². The zero-order chi connectivity index (χ0) is 38.4. The maximum atomic E-state index is 15.8.